The lowest BCUT2D eigenvalue weighted by atomic mass is 9.83. The third-order valence-corrected chi connectivity index (χ3v) is 4.54. The van der Waals surface area contributed by atoms with Gasteiger partial charge in [-0.05, 0) is 50.8 Å². The van der Waals surface area contributed by atoms with Crippen molar-refractivity contribution >= 4 is 5.91 Å². The van der Waals surface area contributed by atoms with E-state index in [0.717, 1.165) is 6.54 Å². The zero-order chi connectivity index (χ0) is 13.7. The van der Waals surface area contributed by atoms with Crippen LogP contribution in [0, 0.1) is 5.92 Å². The van der Waals surface area contributed by atoms with Crippen LogP contribution in [0.3, 0.4) is 0 Å². The van der Waals surface area contributed by atoms with E-state index in [9.17, 15) is 4.79 Å². The lowest BCUT2D eigenvalue weighted by molar-refractivity contribution is -0.128. The van der Waals surface area contributed by atoms with Crippen molar-refractivity contribution in [3.8, 4) is 0 Å². The fourth-order valence-corrected chi connectivity index (χ4v) is 3.61. The number of hydrogen-bond acceptors (Lipinski definition) is 3. The van der Waals surface area contributed by atoms with Gasteiger partial charge in [-0.2, -0.15) is 0 Å². The van der Waals surface area contributed by atoms with Crippen molar-refractivity contribution in [2.75, 3.05) is 32.8 Å². The number of fused-ring (bicyclic) bond motifs is 1. The number of amides is 1. The Morgan fingerprint density at radius 3 is 2.84 bits per heavy atom. The van der Waals surface area contributed by atoms with E-state index >= 15 is 0 Å². The van der Waals surface area contributed by atoms with Crippen LogP contribution in [0.2, 0.25) is 0 Å². The maximum atomic E-state index is 11.8. The second-order valence-electron chi connectivity index (χ2n) is 5.71. The van der Waals surface area contributed by atoms with Crippen molar-refractivity contribution in [2.24, 2.45) is 5.92 Å². The highest BCUT2D eigenvalue weighted by Crippen LogP contribution is 2.31. The monoisotopic (exact) mass is 266 g/mol. The van der Waals surface area contributed by atoms with Crippen LogP contribution in [0.5, 0.6) is 0 Å². The summed E-state index contributed by atoms with van der Waals surface area (Å²) < 4.78 is 0. The third kappa shape index (κ3) is 3.57. The van der Waals surface area contributed by atoms with Gasteiger partial charge in [-0.3, -0.25) is 4.79 Å². The van der Waals surface area contributed by atoms with Crippen LogP contribution >= 0.6 is 0 Å². The summed E-state index contributed by atoms with van der Waals surface area (Å²) in [4.78, 5) is 16.2. The Kier molecular flexibility index (Phi) is 5.40. The van der Waals surface area contributed by atoms with Crippen LogP contribution < -0.4 is 0 Å². The first-order valence-corrected chi connectivity index (χ1v) is 7.52. The Morgan fingerprint density at radius 2 is 2.11 bits per heavy atom. The molecule has 0 aliphatic carbocycles. The molecule has 0 aromatic heterocycles. The predicted molar refractivity (Wildman–Crippen MR) is 75.8 cm³/mol. The van der Waals surface area contributed by atoms with E-state index in [1.54, 1.807) is 4.90 Å². The van der Waals surface area contributed by atoms with Gasteiger partial charge in [0.2, 0.25) is 5.91 Å². The van der Waals surface area contributed by atoms with Crippen LogP contribution in [-0.2, 0) is 4.79 Å². The highest BCUT2D eigenvalue weighted by molar-refractivity contribution is 5.87. The Balaban J connectivity index is 1.98. The Labute approximate surface area is 116 Å². The molecule has 0 spiro atoms. The Bertz CT molecular complexity index is 317. The number of hydrogen-bond donors (Lipinski definition) is 1. The smallest absolute Gasteiger partial charge is 0.246 e. The molecular weight excluding hydrogens is 240 g/mol. The number of carbonyl (C=O) groups excluding carboxylic acids is 1. The van der Waals surface area contributed by atoms with E-state index in [-0.39, 0.29) is 12.5 Å². The van der Waals surface area contributed by atoms with Gasteiger partial charge in [0.1, 0.15) is 0 Å². The van der Waals surface area contributed by atoms with Crippen LogP contribution in [-0.4, -0.2) is 59.6 Å². The average molecular weight is 266 g/mol. The number of nitrogens with zero attached hydrogens (tertiary/aromatic N) is 2. The molecule has 0 radical (unpaired) electrons. The molecule has 2 unspecified atom stereocenters. The minimum atomic E-state index is -0.0537. The molecule has 2 aliphatic heterocycles. The minimum Gasteiger partial charge on any atom is -0.395 e. The van der Waals surface area contributed by atoms with Crippen LogP contribution in [0.15, 0.2) is 12.7 Å². The van der Waals surface area contributed by atoms with Crippen LogP contribution in [0.4, 0.5) is 0 Å². The highest BCUT2D eigenvalue weighted by atomic mass is 16.3. The Hall–Kier alpha value is -0.870. The molecule has 0 aromatic carbocycles. The van der Waals surface area contributed by atoms with Crippen molar-refractivity contribution in [1.29, 1.82) is 0 Å². The second-order valence-corrected chi connectivity index (χ2v) is 5.71. The van der Waals surface area contributed by atoms with Gasteiger partial charge in [-0.1, -0.05) is 13.0 Å². The maximum Gasteiger partial charge on any atom is 0.246 e. The van der Waals surface area contributed by atoms with E-state index in [2.05, 4.69) is 11.5 Å². The number of rotatable bonds is 5. The van der Waals surface area contributed by atoms with Gasteiger partial charge >= 0.3 is 0 Å². The van der Waals surface area contributed by atoms with E-state index in [1.807, 2.05) is 0 Å². The fraction of sp³-hybridized carbons (Fsp3) is 0.800. The fourth-order valence-electron chi connectivity index (χ4n) is 3.61. The molecule has 2 fully saturated rings. The van der Waals surface area contributed by atoms with Crippen LogP contribution in [0.1, 0.15) is 32.1 Å². The molecule has 19 heavy (non-hydrogen) atoms. The van der Waals surface area contributed by atoms with E-state index in [4.69, 9.17) is 5.11 Å². The number of carbonyl (C=O) groups is 1. The first-order valence-electron chi connectivity index (χ1n) is 7.52. The third-order valence-electron chi connectivity index (χ3n) is 4.54. The molecule has 2 aliphatic rings. The van der Waals surface area contributed by atoms with Crippen LogP contribution in [0.25, 0.3) is 0 Å². The zero-order valence-corrected chi connectivity index (χ0v) is 11.8. The van der Waals surface area contributed by atoms with Crippen molar-refractivity contribution < 1.29 is 9.90 Å². The molecule has 1 amide bonds. The molecule has 2 atom stereocenters. The summed E-state index contributed by atoms with van der Waals surface area (Å²) in [5.41, 5.74) is 0. The Morgan fingerprint density at radius 1 is 1.32 bits per heavy atom. The zero-order valence-electron chi connectivity index (χ0n) is 11.8. The van der Waals surface area contributed by atoms with E-state index < -0.39 is 0 Å². The SMILES string of the molecule is C=CC(=O)N(CCO)CC1CCCN2CCCCC12. The van der Waals surface area contributed by atoms with E-state index in [0.29, 0.717) is 18.5 Å². The molecule has 2 rings (SSSR count). The molecular formula is C15H26N2O2. The van der Waals surface area contributed by atoms with E-state index in [1.165, 1.54) is 51.3 Å². The summed E-state index contributed by atoms with van der Waals surface area (Å²) in [5.74, 6) is 0.506. The molecule has 0 aromatic rings. The molecule has 108 valence electrons. The minimum absolute atomic E-state index is 0.0285. The summed E-state index contributed by atoms with van der Waals surface area (Å²) in [5, 5.41) is 9.10. The van der Waals surface area contributed by atoms with Gasteiger partial charge in [0.15, 0.2) is 0 Å². The van der Waals surface area contributed by atoms with Gasteiger partial charge < -0.3 is 14.9 Å². The molecule has 2 heterocycles. The maximum absolute atomic E-state index is 11.8. The average Bonchev–Trinajstić information content (AvgIpc) is 2.46. The van der Waals surface area contributed by atoms with Crippen molar-refractivity contribution in [3.63, 3.8) is 0 Å². The summed E-state index contributed by atoms with van der Waals surface area (Å²) in [7, 11) is 0. The molecule has 0 saturated carbocycles. The van der Waals surface area contributed by atoms with Gasteiger partial charge in [-0.25, -0.2) is 0 Å². The summed E-state index contributed by atoms with van der Waals surface area (Å²) in [6.45, 7) is 7.22. The topological polar surface area (TPSA) is 43.8 Å². The molecule has 0 bridgehead atoms. The first kappa shape index (κ1) is 14.5. The summed E-state index contributed by atoms with van der Waals surface area (Å²) >= 11 is 0. The van der Waals surface area contributed by atoms with Gasteiger partial charge in [-0.15, -0.1) is 0 Å². The molecule has 2 saturated heterocycles. The largest absolute Gasteiger partial charge is 0.395 e. The lowest BCUT2D eigenvalue weighted by Crippen LogP contribution is -2.51. The molecule has 4 heteroatoms. The van der Waals surface area contributed by atoms with Crippen molar-refractivity contribution in [2.45, 2.75) is 38.1 Å². The highest BCUT2D eigenvalue weighted by Gasteiger charge is 2.34. The quantitative estimate of drug-likeness (QED) is 0.762. The molecule has 1 N–H and O–H groups in total. The van der Waals surface area contributed by atoms with Gasteiger partial charge in [0.05, 0.1) is 6.61 Å². The standard InChI is InChI=1S/C15H26N2O2/c1-2-15(19)17(10-11-18)12-13-6-5-9-16-8-4-3-7-14(13)16/h2,13-14,18H,1,3-12H2. The number of aliphatic hydroxyl groups excluding tert-OH is 1. The lowest BCUT2D eigenvalue weighted by Gasteiger charge is -2.45. The number of piperidine rings is 2. The summed E-state index contributed by atoms with van der Waals surface area (Å²) in [6, 6.07) is 0.640. The molecule has 4 nitrogen and oxygen atoms in total. The first-order chi connectivity index (χ1) is 9.26. The van der Waals surface area contributed by atoms with Gasteiger partial charge in [0, 0.05) is 19.1 Å². The number of aliphatic hydroxyl groups is 1. The van der Waals surface area contributed by atoms with Crippen molar-refractivity contribution in [3.05, 3.63) is 12.7 Å². The van der Waals surface area contributed by atoms with Crippen molar-refractivity contribution in [1.82, 2.24) is 9.80 Å². The normalized spacial score (nSPS) is 27.6. The van der Waals surface area contributed by atoms with Gasteiger partial charge in [0.25, 0.3) is 0 Å². The second kappa shape index (κ2) is 7.06. The summed E-state index contributed by atoms with van der Waals surface area (Å²) in [6.07, 6.45) is 7.68. The predicted octanol–water partition coefficient (Wildman–Crippen LogP) is 1.26.